The lowest BCUT2D eigenvalue weighted by molar-refractivity contribution is -0.142. The van der Waals surface area contributed by atoms with Crippen molar-refractivity contribution in [2.45, 2.75) is 13.3 Å². The van der Waals surface area contributed by atoms with E-state index in [0.29, 0.717) is 12.5 Å². The Kier molecular flexibility index (Phi) is 3.77. The number of nitrogens with zero attached hydrogens (tertiary/aromatic N) is 1. The minimum absolute atomic E-state index is 0.210. The number of rotatable bonds is 4. The highest BCUT2D eigenvalue weighted by molar-refractivity contribution is 5.81. The van der Waals surface area contributed by atoms with Gasteiger partial charge in [-0.3, -0.25) is 4.79 Å². The Morgan fingerprint density at radius 2 is 2.11 bits per heavy atom. The maximum atomic E-state index is 11.4. The summed E-state index contributed by atoms with van der Waals surface area (Å²) in [6.07, 6.45) is 0.288. The van der Waals surface area contributed by atoms with Gasteiger partial charge in [0.25, 0.3) is 0 Å². The first-order chi connectivity index (χ1) is 8.72. The summed E-state index contributed by atoms with van der Waals surface area (Å²) in [5.41, 5.74) is 1.77. The van der Waals surface area contributed by atoms with E-state index in [1.165, 1.54) is 0 Å². The molecule has 94 valence electrons. The largest absolute Gasteiger partial charge is 0.481 e. The van der Waals surface area contributed by atoms with Crippen LogP contribution >= 0.6 is 0 Å². The van der Waals surface area contributed by atoms with Crippen LogP contribution < -0.4 is 4.74 Å². The lowest BCUT2D eigenvalue weighted by Gasteiger charge is -2.05. The highest BCUT2D eigenvalue weighted by Gasteiger charge is 2.05. The lowest BCUT2D eigenvalue weighted by Crippen LogP contribution is -2.07. The number of benzene rings is 1. The van der Waals surface area contributed by atoms with Crippen LogP contribution in [0.1, 0.15) is 12.5 Å². The van der Waals surface area contributed by atoms with Crippen LogP contribution in [0.3, 0.4) is 0 Å². The Labute approximate surface area is 106 Å². The molecule has 0 atom stereocenters. The normalized spacial score (nSPS) is 10.3. The number of carbonyl (C=O) groups is 1. The Balaban J connectivity index is 2.25. The van der Waals surface area contributed by atoms with E-state index < -0.39 is 0 Å². The van der Waals surface area contributed by atoms with Crippen LogP contribution in [0.25, 0.3) is 10.9 Å². The van der Waals surface area contributed by atoms with Gasteiger partial charge in [-0.1, -0.05) is 6.07 Å². The maximum absolute atomic E-state index is 11.4. The van der Waals surface area contributed by atoms with Crippen LogP contribution in [0.2, 0.25) is 0 Å². The van der Waals surface area contributed by atoms with Crippen LogP contribution in [-0.2, 0) is 16.0 Å². The number of fused-ring (bicyclic) bond motifs is 1. The number of hydrogen-bond donors (Lipinski definition) is 0. The monoisotopic (exact) mass is 245 g/mol. The van der Waals surface area contributed by atoms with Gasteiger partial charge in [0.05, 0.1) is 25.7 Å². The Morgan fingerprint density at radius 3 is 2.83 bits per heavy atom. The summed E-state index contributed by atoms with van der Waals surface area (Å²) >= 11 is 0. The maximum Gasteiger partial charge on any atom is 0.310 e. The molecule has 0 spiro atoms. The van der Waals surface area contributed by atoms with E-state index >= 15 is 0 Å². The summed E-state index contributed by atoms with van der Waals surface area (Å²) in [5.74, 6) is 0.374. The highest BCUT2D eigenvalue weighted by Crippen LogP contribution is 2.18. The number of aromatic nitrogens is 1. The number of ether oxygens (including phenoxy) is 2. The second-order valence-electron chi connectivity index (χ2n) is 3.86. The molecule has 1 aromatic heterocycles. The quantitative estimate of drug-likeness (QED) is 0.776. The van der Waals surface area contributed by atoms with Crippen LogP contribution in [0.4, 0.5) is 0 Å². The first kappa shape index (κ1) is 12.4. The molecular weight excluding hydrogens is 230 g/mol. The Bertz CT molecular complexity index is 566. The van der Waals surface area contributed by atoms with E-state index in [1.807, 2.05) is 24.3 Å². The van der Waals surface area contributed by atoms with Crippen molar-refractivity contribution in [3.8, 4) is 5.88 Å². The van der Waals surface area contributed by atoms with Crippen molar-refractivity contribution in [1.29, 1.82) is 0 Å². The van der Waals surface area contributed by atoms with Gasteiger partial charge >= 0.3 is 5.97 Å². The molecule has 0 N–H and O–H groups in total. The summed E-state index contributed by atoms with van der Waals surface area (Å²) in [5, 5.41) is 0.984. The van der Waals surface area contributed by atoms with E-state index in [2.05, 4.69) is 4.98 Å². The third-order valence-corrected chi connectivity index (χ3v) is 2.59. The summed E-state index contributed by atoms with van der Waals surface area (Å²) < 4.78 is 9.98. The fourth-order valence-corrected chi connectivity index (χ4v) is 1.76. The van der Waals surface area contributed by atoms with E-state index in [1.54, 1.807) is 20.1 Å². The van der Waals surface area contributed by atoms with Crippen LogP contribution in [0, 0.1) is 0 Å². The smallest absolute Gasteiger partial charge is 0.310 e. The average molecular weight is 245 g/mol. The minimum atomic E-state index is -0.210. The number of pyridine rings is 1. The molecule has 2 aromatic rings. The molecule has 0 unspecified atom stereocenters. The second-order valence-corrected chi connectivity index (χ2v) is 3.86. The first-order valence-electron chi connectivity index (χ1n) is 5.82. The zero-order chi connectivity index (χ0) is 13.0. The molecule has 0 saturated heterocycles. The summed E-state index contributed by atoms with van der Waals surface area (Å²) in [6.45, 7) is 2.21. The fraction of sp³-hybridized carbons (Fsp3) is 0.286. The molecule has 1 heterocycles. The minimum Gasteiger partial charge on any atom is -0.481 e. The number of carbonyl (C=O) groups excluding carboxylic acids is 1. The Morgan fingerprint density at radius 1 is 1.28 bits per heavy atom. The molecule has 0 aliphatic carbocycles. The zero-order valence-electron chi connectivity index (χ0n) is 10.5. The number of esters is 1. The molecule has 0 aliphatic heterocycles. The van der Waals surface area contributed by atoms with Crippen molar-refractivity contribution in [3.63, 3.8) is 0 Å². The van der Waals surface area contributed by atoms with Crippen molar-refractivity contribution in [3.05, 3.63) is 35.9 Å². The van der Waals surface area contributed by atoms with Gasteiger partial charge in [0, 0.05) is 11.5 Å². The molecule has 0 fully saturated rings. The van der Waals surface area contributed by atoms with Gasteiger partial charge in [0.2, 0.25) is 5.88 Å². The van der Waals surface area contributed by atoms with E-state index in [9.17, 15) is 4.79 Å². The summed E-state index contributed by atoms with van der Waals surface area (Å²) in [6, 6.07) is 9.43. The topological polar surface area (TPSA) is 48.4 Å². The average Bonchev–Trinajstić information content (AvgIpc) is 2.38. The number of methoxy groups -OCH3 is 1. The SMILES string of the molecule is CCOC(=O)Cc1ccc2nc(OC)ccc2c1. The molecule has 18 heavy (non-hydrogen) atoms. The van der Waals surface area contributed by atoms with Crippen LogP contribution in [0.5, 0.6) is 5.88 Å². The van der Waals surface area contributed by atoms with Crippen molar-refractivity contribution >= 4 is 16.9 Å². The lowest BCUT2D eigenvalue weighted by atomic mass is 10.1. The van der Waals surface area contributed by atoms with Crippen LogP contribution in [-0.4, -0.2) is 24.7 Å². The molecule has 0 bridgehead atoms. The van der Waals surface area contributed by atoms with Crippen LogP contribution in [0.15, 0.2) is 30.3 Å². The van der Waals surface area contributed by atoms with Gasteiger partial charge in [-0.25, -0.2) is 4.98 Å². The standard InChI is InChI=1S/C14H15NO3/c1-3-18-14(16)9-10-4-6-12-11(8-10)5-7-13(15-12)17-2/h4-8H,3,9H2,1-2H3. The third kappa shape index (κ3) is 2.77. The number of hydrogen-bond acceptors (Lipinski definition) is 4. The van der Waals surface area contributed by atoms with Crippen molar-refractivity contribution in [2.75, 3.05) is 13.7 Å². The zero-order valence-corrected chi connectivity index (χ0v) is 10.5. The third-order valence-electron chi connectivity index (χ3n) is 2.59. The highest BCUT2D eigenvalue weighted by atomic mass is 16.5. The van der Waals surface area contributed by atoms with E-state index in [-0.39, 0.29) is 12.4 Å². The fourth-order valence-electron chi connectivity index (χ4n) is 1.76. The van der Waals surface area contributed by atoms with E-state index in [4.69, 9.17) is 9.47 Å². The van der Waals surface area contributed by atoms with Gasteiger partial charge < -0.3 is 9.47 Å². The first-order valence-corrected chi connectivity index (χ1v) is 5.82. The van der Waals surface area contributed by atoms with Gasteiger partial charge in [0.15, 0.2) is 0 Å². The molecule has 0 aliphatic rings. The molecule has 0 amide bonds. The van der Waals surface area contributed by atoms with Gasteiger partial charge in [-0.05, 0) is 30.7 Å². The van der Waals surface area contributed by atoms with Gasteiger partial charge in [-0.15, -0.1) is 0 Å². The molecule has 4 nitrogen and oxygen atoms in total. The molecule has 0 saturated carbocycles. The molecular formula is C14H15NO3. The molecule has 2 rings (SSSR count). The predicted octanol–water partition coefficient (Wildman–Crippen LogP) is 2.35. The predicted molar refractivity (Wildman–Crippen MR) is 68.6 cm³/mol. The summed E-state index contributed by atoms with van der Waals surface area (Å²) in [4.78, 5) is 15.7. The second kappa shape index (κ2) is 5.49. The van der Waals surface area contributed by atoms with E-state index in [0.717, 1.165) is 16.5 Å². The van der Waals surface area contributed by atoms with Crippen molar-refractivity contribution in [2.24, 2.45) is 0 Å². The summed E-state index contributed by atoms with van der Waals surface area (Å²) in [7, 11) is 1.59. The Hall–Kier alpha value is -2.10. The van der Waals surface area contributed by atoms with Gasteiger partial charge in [-0.2, -0.15) is 0 Å². The molecule has 4 heteroatoms. The molecule has 0 radical (unpaired) electrons. The van der Waals surface area contributed by atoms with Gasteiger partial charge in [0.1, 0.15) is 0 Å². The van der Waals surface area contributed by atoms with Crippen molar-refractivity contribution < 1.29 is 14.3 Å². The molecule has 1 aromatic carbocycles. The van der Waals surface area contributed by atoms with Crippen molar-refractivity contribution in [1.82, 2.24) is 4.98 Å².